The van der Waals surface area contributed by atoms with E-state index < -0.39 is 0 Å². The number of aromatic nitrogens is 2. The third kappa shape index (κ3) is 6.02. The third-order valence-electron chi connectivity index (χ3n) is 7.64. The Morgan fingerprint density at radius 1 is 1.00 bits per heavy atom. The molecule has 0 bridgehead atoms. The summed E-state index contributed by atoms with van der Waals surface area (Å²) in [6.45, 7) is 6.23. The first-order chi connectivity index (χ1) is 18.1. The highest BCUT2D eigenvalue weighted by Crippen LogP contribution is 2.30. The van der Waals surface area contributed by atoms with Crippen LogP contribution in [0.4, 0.5) is 0 Å². The molecule has 0 atom stereocenters. The fraction of sp³-hybridized carbons (Fsp3) is 0.333. The van der Waals surface area contributed by atoms with Crippen molar-refractivity contribution in [2.45, 2.75) is 52.5 Å². The molecule has 0 radical (unpaired) electrons. The highest BCUT2D eigenvalue weighted by Gasteiger charge is 2.25. The molecule has 5 rings (SSSR count). The molecule has 1 aliphatic carbocycles. The number of rotatable bonds is 7. The first-order valence-corrected chi connectivity index (χ1v) is 13.6. The second-order valence-corrected chi connectivity index (χ2v) is 10.3. The topological polar surface area (TPSA) is 38.1 Å². The number of carbonyl (C=O) groups excluding carboxylic acids is 1. The number of hydrogen-bond acceptors (Lipinski definition) is 2. The summed E-state index contributed by atoms with van der Waals surface area (Å²) in [6, 6.07) is 19.0. The average Bonchev–Trinajstić information content (AvgIpc) is 3.16. The number of hydrogen-bond donors (Lipinski definition) is 0. The molecule has 0 unspecified atom stereocenters. The maximum atomic E-state index is 13.4. The molecule has 0 saturated carbocycles. The summed E-state index contributed by atoms with van der Waals surface area (Å²) >= 11 is 0. The van der Waals surface area contributed by atoms with Crippen LogP contribution in [0.1, 0.15) is 43.7 Å². The molecule has 4 nitrogen and oxygen atoms in total. The Balaban J connectivity index is 1.32. The Bertz CT molecular complexity index is 1320. The number of allylic oxidation sites excluding steroid dienone is 6. The van der Waals surface area contributed by atoms with E-state index in [1.165, 1.54) is 16.7 Å². The van der Waals surface area contributed by atoms with Gasteiger partial charge < -0.3 is 4.90 Å². The molecule has 2 aliphatic rings. The lowest BCUT2D eigenvalue weighted by molar-refractivity contribution is -0.133. The maximum absolute atomic E-state index is 13.4. The van der Waals surface area contributed by atoms with Gasteiger partial charge in [0.2, 0.25) is 5.91 Å². The second kappa shape index (κ2) is 11.6. The molecule has 1 aromatic heterocycles. The molecule has 0 N–H and O–H groups in total. The fourth-order valence-electron chi connectivity index (χ4n) is 5.53. The minimum absolute atomic E-state index is 0.157. The van der Waals surface area contributed by atoms with Crippen LogP contribution in [0.2, 0.25) is 0 Å². The van der Waals surface area contributed by atoms with E-state index in [2.05, 4.69) is 80.6 Å². The van der Waals surface area contributed by atoms with Crippen molar-refractivity contribution in [3.8, 4) is 22.5 Å². The van der Waals surface area contributed by atoms with E-state index in [1.54, 1.807) is 0 Å². The van der Waals surface area contributed by atoms with Crippen molar-refractivity contribution in [3.05, 3.63) is 102 Å². The predicted molar refractivity (Wildman–Crippen MR) is 152 cm³/mol. The Morgan fingerprint density at radius 2 is 1.81 bits per heavy atom. The van der Waals surface area contributed by atoms with Gasteiger partial charge in [0, 0.05) is 18.7 Å². The number of benzene rings is 2. The molecule has 2 aromatic carbocycles. The van der Waals surface area contributed by atoms with Gasteiger partial charge in [0.15, 0.2) is 0 Å². The van der Waals surface area contributed by atoms with Gasteiger partial charge in [0.25, 0.3) is 0 Å². The third-order valence-corrected chi connectivity index (χ3v) is 7.64. The largest absolute Gasteiger partial charge is 0.341 e. The van der Waals surface area contributed by atoms with Crippen LogP contribution in [-0.4, -0.2) is 33.7 Å². The lowest BCUT2D eigenvalue weighted by Crippen LogP contribution is -2.40. The monoisotopic (exact) mass is 491 g/mol. The molecule has 1 aliphatic heterocycles. The number of aryl methyl sites for hydroxylation is 2. The van der Waals surface area contributed by atoms with Crippen molar-refractivity contribution in [3.63, 3.8) is 0 Å². The van der Waals surface area contributed by atoms with Gasteiger partial charge in [-0.25, -0.2) is 0 Å². The first kappa shape index (κ1) is 25.0. The number of piperidine rings is 1. The number of likely N-dealkylation sites (tertiary alicyclic amines) is 1. The molecule has 37 heavy (non-hydrogen) atoms. The van der Waals surface area contributed by atoms with E-state index in [1.807, 2.05) is 27.8 Å². The van der Waals surface area contributed by atoms with Crippen molar-refractivity contribution in [1.29, 1.82) is 0 Å². The van der Waals surface area contributed by atoms with Gasteiger partial charge >= 0.3 is 0 Å². The SMILES string of the molecule is CCc1cc(C)ccc1-c1cc(-c2ccccc2)n(CC(=O)N2CCC(CC3=CC=CC=CC3)CC2)n1. The minimum atomic E-state index is 0.157. The van der Waals surface area contributed by atoms with E-state index in [0.29, 0.717) is 5.92 Å². The van der Waals surface area contributed by atoms with Crippen LogP contribution in [0.25, 0.3) is 22.5 Å². The minimum Gasteiger partial charge on any atom is -0.341 e. The summed E-state index contributed by atoms with van der Waals surface area (Å²) in [5, 5.41) is 4.98. The molecular formula is C33H37N3O. The Kier molecular flexibility index (Phi) is 7.84. The second-order valence-electron chi connectivity index (χ2n) is 10.3. The summed E-state index contributed by atoms with van der Waals surface area (Å²) in [7, 11) is 0. The lowest BCUT2D eigenvalue weighted by atomic mass is 9.89. The van der Waals surface area contributed by atoms with Crippen LogP contribution in [0.5, 0.6) is 0 Å². The highest BCUT2D eigenvalue weighted by molar-refractivity contribution is 5.78. The number of nitrogens with zero attached hydrogens (tertiary/aromatic N) is 3. The molecule has 1 amide bonds. The van der Waals surface area contributed by atoms with Gasteiger partial charge in [-0.3, -0.25) is 9.48 Å². The zero-order chi connectivity index (χ0) is 25.6. The van der Waals surface area contributed by atoms with Crippen molar-refractivity contribution in [2.24, 2.45) is 5.92 Å². The van der Waals surface area contributed by atoms with E-state index in [-0.39, 0.29) is 12.5 Å². The van der Waals surface area contributed by atoms with E-state index in [9.17, 15) is 4.79 Å². The van der Waals surface area contributed by atoms with Crippen LogP contribution in [-0.2, 0) is 17.8 Å². The van der Waals surface area contributed by atoms with Crippen molar-refractivity contribution in [1.82, 2.24) is 14.7 Å². The zero-order valence-electron chi connectivity index (χ0n) is 22.1. The molecule has 190 valence electrons. The normalized spacial score (nSPS) is 16.1. The average molecular weight is 492 g/mol. The summed E-state index contributed by atoms with van der Waals surface area (Å²) in [5.74, 6) is 0.810. The van der Waals surface area contributed by atoms with Gasteiger partial charge in [-0.15, -0.1) is 0 Å². The number of amides is 1. The van der Waals surface area contributed by atoms with E-state index in [0.717, 1.165) is 67.7 Å². The maximum Gasteiger partial charge on any atom is 0.244 e. The summed E-state index contributed by atoms with van der Waals surface area (Å²) in [5.41, 5.74) is 8.18. The van der Waals surface area contributed by atoms with Gasteiger partial charge in [-0.05, 0) is 62.1 Å². The summed E-state index contributed by atoms with van der Waals surface area (Å²) < 4.78 is 1.91. The molecule has 2 heterocycles. The predicted octanol–water partition coefficient (Wildman–Crippen LogP) is 7.16. The van der Waals surface area contributed by atoms with Crippen LogP contribution in [0.15, 0.2) is 90.6 Å². The van der Waals surface area contributed by atoms with Crippen LogP contribution >= 0.6 is 0 Å². The molecule has 3 aromatic rings. The number of carbonyl (C=O) groups is 1. The standard InChI is InChI=1S/C33H37N3O/c1-3-28-21-25(2)15-16-30(28)31-23-32(29-13-9-6-10-14-29)36(34-31)24-33(37)35-19-17-27(18-20-35)22-26-11-7-4-5-8-12-26/h4-11,13-16,21,23,27H,3,12,17-20,22,24H2,1-2H3. The summed E-state index contributed by atoms with van der Waals surface area (Å²) in [4.78, 5) is 15.5. The molecule has 0 spiro atoms. The van der Waals surface area contributed by atoms with Gasteiger partial charge in [-0.1, -0.05) is 97.0 Å². The van der Waals surface area contributed by atoms with E-state index in [4.69, 9.17) is 5.10 Å². The molecular weight excluding hydrogens is 454 g/mol. The van der Waals surface area contributed by atoms with Crippen molar-refractivity contribution < 1.29 is 4.79 Å². The molecule has 1 fully saturated rings. The molecule has 1 saturated heterocycles. The fourth-order valence-corrected chi connectivity index (χ4v) is 5.53. The van der Waals surface area contributed by atoms with Gasteiger partial charge in [-0.2, -0.15) is 5.10 Å². The van der Waals surface area contributed by atoms with Crippen LogP contribution < -0.4 is 0 Å². The van der Waals surface area contributed by atoms with E-state index >= 15 is 0 Å². The quantitative estimate of drug-likeness (QED) is 0.352. The van der Waals surface area contributed by atoms with Crippen molar-refractivity contribution in [2.75, 3.05) is 13.1 Å². The van der Waals surface area contributed by atoms with Gasteiger partial charge in [0.1, 0.15) is 6.54 Å². The zero-order valence-corrected chi connectivity index (χ0v) is 22.1. The van der Waals surface area contributed by atoms with Crippen molar-refractivity contribution >= 4 is 5.91 Å². The summed E-state index contributed by atoms with van der Waals surface area (Å²) in [6.07, 6.45) is 16.1. The Morgan fingerprint density at radius 3 is 2.59 bits per heavy atom. The Labute approximate surface area is 221 Å². The first-order valence-electron chi connectivity index (χ1n) is 13.6. The molecule has 4 heteroatoms. The van der Waals surface area contributed by atoms with Crippen LogP contribution in [0.3, 0.4) is 0 Å². The van der Waals surface area contributed by atoms with Gasteiger partial charge in [0.05, 0.1) is 11.4 Å². The highest BCUT2D eigenvalue weighted by atomic mass is 16.2. The smallest absolute Gasteiger partial charge is 0.244 e. The lowest BCUT2D eigenvalue weighted by Gasteiger charge is -2.32. The Hall–Kier alpha value is -3.66. The van der Waals surface area contributed by atoms with Crippen LogP contribution in [0, 0.1) is 12.8 Å².